The lowest BCUT2D eigenvalue weighted by molar-refractivity contribution is 0.500. The maximum Gasteiger partial charge on any atom is 0.246 e. The van der Waals surface area contributed by atoms with Crippen molar-refractivity contribution >= 4 is 11.9 Å². The highest BCUT2D eigenvalue weighted by molar-refractivity contribution is 5.34. The Kier molecular flexibility index (Phi) is 2.05. The number of nitrogens with one attached hydrogen (secondary N) is 1. The summed E-state index contributed by atoms with van der Waals surface area (Å²) >= 11 is 0. The van der Waals surface area contributed by atoms with Crippen LogP contribution in [0.15, 0.2) is 0 Å². The quantitative estimate of drug-likeness (QED) is 0.534. The highest BCUT2D eigenvalue weighted by atomic mass is 15.4. The van der Waals surface area contributed by atoms with Crippen molar-refractivity contribution in [2.75, 3.05) is 23.7 Å². The molecule has 1 aromatic heterocycles. The highest BCUT2D eigenvalue weighted by Crippen LogP contribution is 2.14. The number of anilines is 2. The van der Waals surface area contributed by atoms with Crippen LogP contribution in [0, 0.1) is 0 Å². The van der Waals surface area contributed by atoms with Crippen molar-refractivity contribution in [3.05, 3.63) is 0 Å². The van der Waals surface area contributed by atoms with Crippen LogP contribution in [0.25, 0.3) is 0 Å². The molecule has 0 bridgehead atoms. The van der Waals surface area contributed by atoms with Gasteiger partial charge in [0, 0.05) is 19.1 Å². The van der Waals surface area contributed by atoms with Crippen LogP contribution >= 0.6 is 0 Å². The van der Waals surface area contributed by atoms with Crippen LogP contribution in [-0.4, -0.2) is 34.3 Å². The lowest BCUT2D eigenvalue weighted by atomic mass is 10.1. The van der Waals surface area contributed by atoms with E-state index >= 15 is 0 Å². The molecule has 0 radical (unpaired) electrons. The zero-order chi connectivity index (χ0) is 9.26. The molecule has 2 heterocycles. The van der Waals surface area contributed by atoms with Crippen molar-refractivity contribution in [1.29, 1.82) is 0 Å². The van der Waals surface area contributed by atoms with E-state index in [0.29, 0.717) is 11.9 Å². The molecule has 0 spiro atoms. The minimum absolute atomic E-state index is 0.230. The third-order valence-corrected chi connectivity index (χ3v) is 2.23. The first kappa shape index (κ1) is 8.31. The van der Waals surface area contributed by atoms with Crippen LogP contribution in [0.4, 0.5) is 11.9 Å². The molecule has 0 amide bonds. The van der Waals surface area contributed by atoms with Gasteiger partial charge in [0.05, 0.1) is 0 Å². The summed E-state index contributed by atoms with van der Waals surface area (Å²) in [5.74, 6) is 1.02. The highest BCUT2D eigenvalue weighted by Gasteiger charge is 2.19. The minimum atomic E-state index is 0.230. The van der Waals surface area contributed by atoms with Gasteiger partial charge in [-0.2, -0.15) is 4.98 Å². The maximum atomic E-state index is 5.83. The number of H-pyrrole nitrogens is 1. The van der Waals surface area contributed by atoms with Crippen LogP contribution < -0.4 is 16.4 Å². The zero-order valence-corrected chi connectivity index (χ0v) is 7.40. The first-order chi connectivity index (χ1) is 6.25. The lowest BCUT2D eigenvalue weighted by Gasteiger charge is -2.29. The fraction of sp³-hybridized carbons (Fsp3) is 0.714. The summed E-state index contributed by atoms with van der Waals surface area (Å²) < 4.78 is 0. The summed E-state index contributed by atoms with van der Waals surface area (Å²) in [5.41, 5.74) is 11.3. The Morgan fingerprint density at radius 3 is 3.00 bits per heavy atom. The molecule has 13 heavy (non-hydrogen) atoms. The summed E-state index contributed by atoms with van der Waals surface area (Å²) in [6.45, 7) is 1.78. The lowest BCUT2D eigenvalue weighted by Crippen LogP contribution is -2.43. The van der Waals surface area contributed by atoms with Gasteiger partial charge in [-0.25, -0.2) is 5.10 Å². The van der Waals surface area contributed by atoms with E-state index in [0.717, 1.165) is 25.9 Å². The molecular weight excluding hydrogens is 168 g/mol. The number of aromatic amines is 1. The number of hydrogen-bond acceptors (Lipinski definition) is 5. The predicted octanol–water partition coefficient (Wildman–Crippen LogP) is -0.686. The van der Waals surface area contributed by atoms with Crippen LogP contribution in [0.3, 0.4) is 0 Å². The number of nitrogens with zero attached hydrogens (tertiary/aromatic N) is 3. The Morgan fingerprint density at radius 1 is 1.54 bits per heavy atom. The van der Waals surface area contributed by atoms with Gasteiger partial charge >= 0.3 is 0 Å². The molecule has 1 atom stereocenters. The molecule has 0 aliphatic carbocycles. The van der Waals surface area contributed by atoms with E-state index in [1.54, 1.807) is 0 Å². The molecule has 1 aliphatic rings. The molecular formula is C7H14N6. The SMILES string of the molecule is Nc1nc(N2CCC[C@@H](N)C2)n[nH]1. The van der Waals surface area contributed by atoms with E-state index in [1.807, 2.05) is 0 Å². The molecule has 5 N–H and O–H groups in total. The molecule has 72 valence electrons. The van der Waals surface area contributed by atoms with Crippen molar-refractivity contribution in [1.82, 2.24) is 15.2 Å². The normalized spacial score (nSPS) is 23.5. The van der Waals surface area contributed by atoms with E-state index < -0.39 is 0 Å². The van der Waals surface area contributed by atoms with Crippen molar-refractivity contribution in [2.24, 2.45) is 5.73 Å². The molecule has 2 rings (SSSR count). The van der Waals surface area contributed by atoms with Gasteiger partial charge < -0.3 is 16.4 Å². The minimum Gasteiger partial charge on any atom is -0.368 e. The van der Waals surface area contributed by atoms with Gasteiger partial charge in [-0.05, 0) is 12.8 Å². The molecule has 0 aromatic carbocycles. The van der Waals surface area contributed by atoms with Crippen LogP contribution in [-0.2, 0) is 0 Å². The Labute approximate surface area is 76.3 Å². The van der Waals surface area contributed by atoms with Gasteiger partial charge in [-0.15, -0.1) is 5.10 Å². The topological polar surface area (TPSA) is 96.8 Å². The van der Waals surface area contributed by atoms with E-state index in [2.05, 4.69) is 20.1 Å². The van der Waals surface area contributed by atoms with Gasteiger partial charge in [0.2, 0.25) is 11.9 Å². The first-order valence-electron chi connectivity index (χ1n) is 4.44. The number of piperidine rings is 1. The number of hydrogen-bond donors (Lipinski definition) is 3. The predicted molar refractivity (Wildman–Crippen MR) is 50.2 cm³/mol. The van der Waals surface area contributed by atoms with Gasteiger partial charge in [-0.1, -0.05) is 0 Å². The van der Waals surface area contributed by atoms with E-state index in [9.17, 15) is 0 Å². The second-order valence-electron chi connectivity index (χ2n) is 3.37. The standard InChI is InChI=1S/C7H14N6/c8-5-2-1-3-13(4-5)7-10-6(9)11-12-7/h5H,1-4,8H2,(H3,9,10,11,12)/t5-/m1/s1. The van der Waals surface area contributed by atoms with Gasteiger partial charge in [0.25, 0.3) is 0 Å². The number of nitrogen functional groups attached to an aromatic ring is 1. The van der Waals surface area contributed by atoms with E-state index in [1.165, 1.54) is 0 Å². The van der Waals surface area contributed by atoms with Gasteiger partial charge in [0.15, 0.2) is 0 Å². The number of aromatic nitrogens is 3. The van der Waals surface area contributed by atoms with Crippen LogP contribution in [0.5, 0.6) is 0 Å². The molecule has 1 fully saturated rings. The summed E-state index contributed by atoms with van der Waals surface area (Å²) in [6, 6.07) is 0.230. The van der Waals surface area contributed by atoms with Crippen molar-refractivity contribution in [2.45, 2.75) is 18.9 Å². The Hall–Kier alpha value is -1.30. The smallest absolute Gasteiger partial charge is 0.246 e. The summed E-state index contributed by atoms with van der Waals surface area (Å²) in [7, 11) is 0. The summed E-state index contributed by atoms with van der Waals surface area (Å²) in [5, 5.41) is 6.60. The van der Waals surface area contributed by atoms with Crippen LogP contribution in [0.1, 0.15) is 12.8 Å². The van der Waals surface area contributed by atoms with E-state index in [4.69, 9.17) is 11.5 Å². The molecule has 1 aliphatic heterocycles. The fourth-order valence-corrected chi connectivity index (χ4v) is 1.60. The Morgan fingerprint density at radius 2 is 2.38 bits per heavy atom. The first-order valence-corrected chi connectivity index (χ1v) is 4.44. The maximum absolute atomic E-state index is 5.83. The molecule has 1 saturated heterocycles. The van der Waals surface area contributed by atoms with Crippen molar-refractivity contribution in [3.63, 3.8) is 0 Å². The third-order valence-electron chi connectivity index (χ3n) is 2.23. The molecule has 6 nitrogen and oxygen atoms in total. The average Bonchev–Trinajstić information content (AvgIpc) is 2.52. The number of nitrogens with two attached hydrogens (primary N) is 2. The van der Waals surface area contributed by atoms with Crippen LogP contribution in [0.2, 0.25) is 0 Å². The third kappa shape index (κ3) is 1.72. The van der Waals surface area contributed by atoms with Gasteiger partial charge in [0.1, 0.15) is 0 Å². The Bertz CT molecular complexity index is 282. The van der Waals surface area contributed by atoms with Crippen molar-refractivity contribution < 1.29 is 0 Å². The average molecular weight is 182 g/mol. The fourth-order valence-electron chi connectivity index (χ4n) is 1.60. The second kappa shape index (κ2) is 3.21. The number of rotatable bonds is 1. The molecule has 0 unspecified atom stereocenters. The molecule has 1 aromatic rings. The second-order valence-corrected chi connectivity index (χ2v) is 3.37. The van der Waals surface area contributed by atoms with Crippen molar-refractivity contribution in [3.8, 4) is 0 Å². The zero-order valence-electron chi connectivity index (χ0n) is 7.40. The monoisotopic (exact) mass is 182 g/mol. The Balaban J connectivity index is 2.08. The largest absolute Gasteiger partial charge is 0.368 e. The summed E-state index contributed by atoms with van der Waals surface area (Å²) in [4.78, 5) is 6.11. The summed E-state index contributed by atoms with van der Waals surface area (Å²) in [6.07, 6.45) is 2.17. The molecule has 6 heteroatoms. The molecule has 0 saturated carbocycles. The van der Waals surface area contributed by atoms with Gasteiger partial charge in [-0.3, -0.25) is 0 Å². The van der Waals surface area contributed by atoms with E-state index in [-0.39, 0.29) is 6.04 Å².